The normalized spacial score (nSPS) is 14.4. The van der Waals surface area contributed by atoms with Crippen molar-refractivity contribution in [1.29, 1.82) is 0 Å². The highest BCUT2D eigenvalue weighted by Gasteiger charge is 2.27. The second-order valence-electron chi connectivity index (χ2n) is 6.27. The fourth-order valence-corrected chi connectivity index (χ4v) is 3.19. The SMILES string of the molecule is CCOc1nc2ccccc2nc1C(=O)N1CCN(c2ccccn2)CC1. The van der Waals surface area contributed by atoms with Crippen LogP contribution in [0.3, 0.4) is 0 Å². The monoisotopic (exact) mass is 363 g/mol. The number of para-hydroxylation sites is 2. The summed E-state index contributed by atoms with van der Waals surface area (Å²) in [6.45, 7) is 4.98. The van der Waals surface area contributed by atoms with Crippen LogP contribution >= 0.6 is 0 Å². The predicted molar refractivity (Wildman–Crippen MR) is 103 cm³/mol. The molecule has 0 bridgehead atoms. The number of fused-ring (bicyclic) bond motifs is 1. The lowest BCUT2D eigenvalue weighted by atomic mass is 10.2. The van der Waals surface area contributed by atoms with Crippen LogP contribution in [-0.2, 0) is 0 Å². The van der Waals surface area contributed by atoms with E-state index < -0.39 is 0 Å². The summed E-state index contributed by atoms with van der Waals surface area (Å²) in [5.41, 5.74) is 1.69. The molecule has 7 heteroatoms. The van der Waals surface area contributed by atoms with Crippen molar-refractivity contribution in [2.24, 2.45) is 0 Å². The number of piperazine rings is 1. The molecular weight excluding hydrogens is 342 g/mol. The second-order valence-corrected chi connectivity index (χ2v) is 6.27. The zero-order valence-corrected chi connectivity index (χ0v) is 15.2. The highest BCUT2D eigenvalue weighted by atomic mass is 16.5. The van der Waals surface area contributed by atoms with Crippen molar-refractivity contribution in [2.45, 2.75) is 6.92 Å². The van der Waals surface area contributed by atoms with Gasteiger partial charge < -0.3 is 14.5 Å². The Morgan fingerprint density at radius 2 is 1.70 bits per heavy atom. The molecule has 27 heavy (non-hydrogen) atoms. The van der Waals surface area contributed by atoms with Crippen molar-refractivity contribution >= 4 is 22.8 Å². The van der Waals surface area contributed by atoms with Gasteiger partial charge in [0.1, 0.15) is 5.82 Å². The van der Waals surface area contributed by atoms with E-state index in [0.29, 0.717) is 31.1 Å². The van der Waals surface area contributed by atoms with Crippen LogP contribution in [0.25, 0.3) is 11.0 Å². The van der Waals surface area contributed by atoms with Gasteiger partial charge in [0.2, 0.25) is 5.88 Å². The molecule has 0 spiro atoms. The molecule has 1 fully saturated rings. The third-order valence-electron chi connectivity index (χ3n) is 4.56. The number of anilines is 1. The van der Waals surface area contributed by atoms with Crippen molar-refractivity contribution in [2.75, 3.05) is 37.7 Å². The smallest absolute Gasteiger partial charge is 0.278 e. The van der Waals surface area contributed by atoms with Crippen molar-refractivity contribution in [1.82, 2.24) is 19.9 Å². The summed E-state index contributed by atoms with van der Waals surface area (Å²) in [4.78, 5) is 30.5. The van der Waals surface area contributed by atoms with E-state index in [2.05, 4.69) is 19.9 Å². The molecule has 138 valence electrons. The first-order chi connectivity index (χ1) is 13.3. The molecule has 0 radical (unpaired) electrons. The molecule has 4 rings (SSSR count). The number of benzene rings is 1. The summed E-state index contributed by atoms with van der Waals surface area (Å²) >= 11 is 0. The van der Waals surface area contributed by atoms with Gasteiger partial charge in [-0.3, -0.25) is 4.79 Å². The quantitative estimate of drug-likeness (QED) is 0.709. The molecule has 1 amide bonds. The summed E-state index contributed by atoms with van der Waals surface area (Å²) in [5.74, 6) is 1.09. The van der Waals surface area contributed by atoms with Crippen LogP contribution in [0.4, 0.5) is 5.82 Å². The van der Waals surface area contributed by atoms with Crippen LogP contribution in [0.5, 0.6) is 5.88 Å². The van der Waals surface area contributed by atoms with Gasteiger partial charge in [0.25, 0.3) is 5.91 Å². The Hall–Kier alpha value is -3.22. The number of nitrogens with zero attached hydrogens (tertiary/aromatic N) is 5. The highest BCUT2D eigenvalue weighted by molar-refractivity contribution is 5.96. The fourth-order valence-electron chi connectivity index (χ4n) is 3.19. The van der Waals surface area contributed by atoms with Crippen LogP contribution in [0.1, 0.15) is 17.4 Å². The van der Waals surface area contributed by atoms with E-state index in [9.17, 15) is 4.79 Å². The molecular formula is C20H21N5O2. The average Bonchev–Trinajstić information content (AvgIpc) is 2.74. The van der Waals surface area contributed by atoms with Gasteiger partial charge in [0.05, 0.1) is 17.6 Å². The van der Waals surface area contributed by atoms with Gasteiger partial charge in [-0.2, -0.15) is 0 Å². The van der Waals surface area contributed by atoms with E-state index in [1.54, 1.807) is 11.1 Å². The van der Waals surface area contributed by atoms with E-state index in [1.165, 1.54) is 0 Å². The zero-order chi connectivity index (χ0) is 18.6. The minimum absolute atomic E-state index is 0.141. The molecule has 0 atom stereocenters. The summed E-state index contributed by atoms with van der Waals surface area (Å²) in [7, 11) is 0. The van der Waals surface area contributed by atoms with E-state index in [-0.39, 0.29) is 11.6 Å². The van der Waals surface area contributed by atoms with Gasteiger partial charge in [-0.05, 0) is 31.2 Å². The minimum atomic E-state index is -0.141. The maximum atomic E-state index is 13.1. The van der Waals surface area contributed by atoms with Crippen molar-refractivity contribution < 1.29 is 9.53 Å². The number of carbonyl (C=O) groups is 1. The number of aromatic nitrogens is 3. The summed E-state index contributed by atoms with van der Waals surface area (Å²) in [6, 6.07) is 13.4. The predicted octanol–water partition coefficient (Wildman–Crippen LogP) is 2.39. The molecule has 1 aliphatic heterocycles. The first-order valence-corrected chi connectivity index (χ1v) is 9.11. The first kappa shape index (κ1) is 17.2. The molecule has 1 aliphatic rings. The van der Waals surface area contributed by atoms with Crippen LogP contribution < -0.4 is 9.64 Å². The van der Waals surface area contributed by atoms with Gasteiger partial charge in [0.15, 0.2) is 5.69 Å². The summed E-state index contributed by atoms with van der Waals surface area (Å²) in [5, 5.41) is 0. The van der Waals surface area contributed by atoms with Gasteiger partial charge in [0, 0.05) is 32.4 Å². The number of pyridine rings is 1. The summed E-state index contributed by atoms with van der Waals surface area (Å²) < 4.78 is 5.61. The molecule has 0 N–H and O–H groups in total. The molecule has 0 unspecified atom stereocenters. The number of ether oxygens (including phenoxy) is 1. The lowest BCUT2D eigenvalue weighted by Crippen LogP contribution is -2.49. The summed E-state index contributed by atoms with van der Waals surface area (Å²) in [6.07, 6.45) is 1.78. The van der Waals surface area contributed by atoms with Crippen LogP contribution in [-0.4, -0.2) is 58.5 Å². The van der Waals surface area contributed by atoms with Crippen LogP contribution in [0.15, 0.2) is 48.7 Å². The molecule has 3 aromatic rings. The van der Waals surface area contributed by atoms with Crippen LogP contribution in [0.2, 0.25) is 0 Å². The molecule has 2 aromatic heterocycles. The minimum Gasteiger partial charge on any atom is -0.476 e. The topological polar surface area (TPSA) is 71.5 Å². The molecule has 0 aliphatic carbocycles. The maximum absolute atomic E-state index is 13.1. The van der Waals surface area contributed by atoms with E-state index in [0.717, 1.165) is 24.4 Å². The molecule has 1 aromatic carbocycles. The van der Waals surface area contributed by atoms with Gasteiger partial charge >= 0.3 is 0 Å². The fraction of sp³-hybridized carbons (Fsp3) is 0.300. The Kier molecular flexibility index (Phi) is 4.82. The largest absolute Gasteiger partial charge is 0.476 e. The Bertz CT molecular complexity index is 940. The van der Waals surface area contributed by atoms with E-state index in [1.807, 2.05) is 49.4 Å². The van der Waals surface area contributed by atoms with Crippen molar-refractivity contribution in [3.8, 4) is 5.88 Å². The lowest BCUT2D eigenvalue weighted by molar-refractivity contribution is 0.0735. The molecule has 3 heterocycles. The number of hydrogen-bond acceptors (Lipinski definition) is 6. The molecule has 1 saturated heterocycles. The van der Waals surface area contributed by atoms with Gasteiger partial charge in [-0.1, -0.05) is 18.2 Å². The van der Waals surface area contributed by atoms with Crippen LogP contribution in [0, 0.1) is 0 Å². The van der Waals surface area contributed by atoms with Gasteiger partial charge in [-0.25, -0.2) is 15.0 Å². The lowest BCUT2D eigenvalue weighted by Gasteiger charge is -2.35. The van der Waals surface area contributed by atoms with E-state index in [4.69, 9.17) is 4.74 Å². The highest BCUT2D eigenvalue weighted by Crippen LogP contribution is 2.22. The Balaban J connectivity index is 1.55. The van der Waals surface area contributed by atoms with Crippen molar-refractivity contribution in [3.63, 3.8) is 0 Å². The maximum Gasteiger partial charge on any atom is 0.278 e. The third-order valence-corrected chi connectivity index (χ3v) is 4.56. The number of carbonyl (C=O) groups excluding carboxylic acids is 1. The second kappa shape index (κ2) is 7.57. The standard InChI is InChI=1S/C20H21N5O2/c1-2-27-19-18(22-15-7-3-4-8-16(15)23-19)20(26)25-13-11-24(12-14-25)17-9-5-6-10-21-17/h3-10H,2,11-14H2,1H3. The molecule has 7 nitrogen and oxygen atoms in total. The van der Waals surface area contributed by atoms with E-state index >= 15 is 0 Å². The Morgan fingerprint density at radius 1 is 1.00 bits per heavy atom. The third kappa shape index (κ3) is 3.53. The number of amides is 1. The molecule has 0 saturated carbocycles. The Morgan fingerprint density at radius 3 is 2.37 bits per heavy atom. The van der Waals surface area contributed by atoms with Crippen molar-refractivity contribution in [3.05, 3.63) is 54.4 Å². The average molecular weight is 363 g/mol. The Labute approximate surface area is 157 Å². The first-order valence-electron chi connectivity index (χ1n) is 9.11. The number of rotatable bonds is 4. The van der Waals surface area contributed by atoms with Gasteiger partial charge in [-0.15, -0.1) is 0 Å². The zero-order valence-electron chi connectivity index (χ0n) is 15.2. The number of hydrogen-bond donors (Lipinski definition) is 0.